The van der Waals surface area contributed by atoms with Crippen LogP contribution in [0.3, 0.4) is 0 Å². The molecule has 5 nitrogen and oxygen atoms in total. The summed E-state index contributed by atoms with van der Waals surface area (Å²) in [6.45, 7) is 0.534. The lowest BCUT2D eigenvalue weighted by molar-refractivity contribution is -0.385. The number of hydrogen-bond acceptors (Lipinski definition) is 5. The van der Waals surface area contributed by atoms with E-state index in [1.54, 1.807) is 23.5 Å². The number of hydrogen-bond donors (Lipinski definition) is 1. The van der Waals surface area contributed by atoms with Gasteiger partial charge in [0, 0.05) is 15.6 Å². The Morgan fingerprint density at radius 2 is 2.14 bits per heavy atom. The molecule has 0 spiro atoms. The predicted octanol–water partition coefficient (Wildman–Crippen LogP) is 3.96. The first-order chi connectivity index (χ1) is 10.1. The van der Waals surface area contributed by atoms with Gasteiger partial charge in [-0.05, 0) is 35.7 Å². The Hall–Kier alpha value is -2.54. The van der Waals surface area contributed by atoms with Gasteiger partial charge < -0.3 is 5.32 Å². The summed E-state index contributed by atoms with van der Waals surface area (Å²) in [5.74, 6) is 0.307. The fourth-order valence-corrected chi connectivity index (χ4v) is 2.92. The Bertz CT molecular complexity index is 802. The van der Waals surface area contributed by atoms with Crippen LogP contribution in [0.4, 0.5) is 15.9 Å². The molecular formula is C14H10FN3O2S. The van der Waals surface area contributed by atoms with E-state index in [9.17, 15) is 14.5 Å². The largest absolute Gasteiger partial charge is 0.365 e. The minimum absolute atomic E-state index is 0.0436. The zero-order valence-corrected chi connectivity index (χ0v) is 11.6. The summed E-state index contributed by atoms with van der Waals surface area (Å²) in [5, 5.41) is 14.5. The Kier molecular flexibility index (Phi) is 3.49. The van der Waals surface area contributed by atoms with Crippen molar-refractivity contribution in [2.75, 3.05) is 5.32 Å². The lowest BCUT2D eigenvalue weighted by atomic mass is 10.2. The maximum Gasteiger partial charge on any atom is 0.287 e. The van der Waals surface area contributed by atoms with Crippen LogP contribution in [0.15, 0.2) is 42.6 Å². The van der Waals surface area contributed by atoms with Crippen LogP contribution < -0.4 is 5.32 Å². The first-order valence-corrected chi connectivity index (χ1v) is 6.96. The average Bonchev–Trinajstić information content (AvgIpc) is 2.87. The monoisotopic (exact) mass is 303 g/mol. The van der Waals surface area contributed by atoms with Crippen molar-refractivity contribution >= 4 is 32.9 Å². The van der Waals surface area contributed by atoms with Gasteiger partial charge in [-0.3, -0.25) is 10.1 Å². The molecule has 0 radical (unpaired) electrons. The number of benzene rings is 1. The van der Waals surface area contributed by atoms with E-state index in [-0.39, 0.29) is 11.5 Å². The van der Waals surface area contributed by atoms with Crippen LogP contribution in [-0.2, 0) is 6.54 Å². The highest BCUT2D eigenvalue weighted by Gasteiger charge is 2.06. The molecule has 0 aliphatic rings. The Balaban J connectivity index is 1.72. The van der Waals surface area contributed by atoms with Gasteiger partial charge >= 0.3 is 0 Å². The molecule has 0 aliphatic carbocycles. The number of nitro groups is 1. The zero-order valence-electron chi connectivity index (χ0n) is 10.7. The lowest BCUT2D eigenvalue weighted by Crippen LogP contribution is -1.99. The number of anilines is 1. The van der Waals surface area contributed by atoms with Gasteiger partial charge in [0.2, 0.25) is 0 Å². The molecule has 21 heavy (non-hydrogen) atoms. The fraction of sp³-hybridized carbons (Fsp3) is 0.0714. The Morgan fingerprint density at radius 1 is 1.29 bits per heavy atom. The molecule has 0 atom stereocenters. The van der Waals surface area contributed by atoms with Gasteiger partial charge in [0.25, 0.3) is 5.69 Å². The van der Waals surface area contributed by atoms with E-state index < -0.39 is 4.92 Å². The molecule has 0 fully saturated rings. The van der Waals surface area contributed by atoms with Gasteiger partial charge in [-0.25, -0.2) is 9.37 Å². The van der Waals surface area contributed by atoms with Crippen molar-refractivity contribution in [3.05, 3.63) is 63.4 Å². The van der Waals surface area contributed by atoms with E-state index in [4.69, 9.17) is 0 Å². The van der Waals surface area contributed by atoms with E-state index >= 15 is 0 Å². The van der Waals surface area contributed by atoms with Crippen molar-refractivity contribution < 1.29 is 9.31 Å². The van der Waals surface area contributed by atoms with E-state index in [0.717, 1.165) is 15.0 Å². The molecule has 2 heterocycles. The Labute approximate surface area is 123 Å². The van der Waals surface area contributed by atoms with Gasteiger partial charge in [0.05, 0.1) is 11.5 Å². The number of rotatable bonds is 4. The van der Waals surface area contributed by atoms with Crippen molar-refractivity contribution in [3.63, 3.8) is 0 Å². The summed E-state index contributed by atoms with van der Waals surface area (Å²) in [7, 11) is 0. The SMILES string of the molecule is O=[N+]([O-])c1ccc(NCc2cc3cc(F)ccc3s2)nc1. The van der Waals surface area contributed by atoms with Crippen LogP contribution in [-0.4, -0.2) is 9.91 Å². The number of halogens is 1. The minimum Gasteiger partial charge on any atom is -0.365 e. The minimum atomic E-state index is -0.489. The van der Waals surface area contributed by atoms with Crippen LogP contribution in [0.25, 0.3) is 10.1 Å². The second kappa shape index (κ2) is 5.45. The molecule has 1 aromatic carbocycles. The number of nitrogens with zero attached hydrogens (tertiary/aromatic N) is 2. The Morgan fingerprint density at radius 3 is 2.86 bits per heavy atom. The van der Waals surface area contributed by atoms with E-state index in [2.05, 4.69) is 10.3 Å². The highest BCUT2D eigenvalue weighted by Crippen LogP contribution is 2.26. The summed E-state index contributed by atoms with van der Waals surface area (Å²) in [6.07, 6.45) is 1.21. The van der Waals surface area contributed by atoms with E-state index in [0.29, 0.717) is 12.4 Å². The highest BCUT2D eigenvalue weighted by molar-refractivity contribution is 7.19. The van der Waals surface area contributed by atoms with Gasteiger partial charge in [0.15, 0.2) is 0 Å². The lowest BCUT2D eigenvalue weighted by Gasteiger charge is -2.02. The van der Waals surface area contributed by atoms with Gasteiger partial charge in [0.1, 0.15) is 17.8 Å². The van der Waals surface area contributed by atoms with Crippen LogP contribution in [0, 0.1) is 15.9 Å². The van der Waals surface area contributed by atoms with Crippen molar-refractivity contribution in [2.45, 2.75) is 6.54 Å². The quantitative estimate of drug-likeness (QED) is 0.585. The molecule has 0 saturated heterocycles. The first-order valence-electron chi connectivity index (χ1n) is 6.14. The molecule has 1 N–H and O–H groups in total. The topological polar surface area (TPSA) is 68.1 Å². The van der Waals surface area contributed by atoms with Gasteiger partial charge in [-0.2, -0.15) is 0 Å². The molecule has 2 aromatic heterocycles. The number of pyridine rings is 1. The van der Waals surface area contributed by atoms with Gasteiger partial charge in [-0.1, -0.05) is 0 Å². The van der Waals surface area contributed by atoms with Crippen LogP contribution >= 0.6 is 11.3 Å². The normalized spacial score (nSPS) is 10.7. The highest BCUT2D eigenvalue weighted by atomic mass is 32.1. The van der Waals surface area contributed by atoms with Gasteiger partial charge in [-0.15, -0.1) is 11.3 Å². The van der Waals surface area contributed by atoms with Crippen molar-refractivity contribution in [2.24, 2.45) is 0 Å². The summed E-state index contributed by atoms with van der Waals surface area (Å²) < 4.78 is 14.1. The molecule has 0 unspecified atom stereocenters. The number of nitrogens with one attached hydrogen (secondary N) is 1. The third kappa shape index (κ3) is 2.97. The second-order valence-corrected chi connectivity index (χ2v) is 5.58. The molecular weight excluding hydrogens is 293 g/mol. The number of aromatic nitrogens is 1. The summed E-state index contributed by atoms with van der Waals surface area (Å²) in [4.78, 5) is 15.1. The molecule has 0 amide bonds. The molecule has 3 aromatic rings. The first kappa shape index (κ1) is 13.4. The molecule has 0 saturated carbocycles. The maximum absolute atomic E-state index is 13.1. The smallest absolute Gasteiger partial charge is 0.287 e. The maximum atomic E-state index is 13.1. The van der Waals surface area contributed by atoms with Crippen LogP contribution in [0.1, 0.15) is 4.88 Å². The van der Waals surface area contributed by atoms with Crippen LogP contribution in [0.2, 0.25) is 0 Å². The molecule has 0 aliphatic heterocycles. The predicted molar refractivity (Wildman–Crippen MR) is 80.0 cm³/mol. The standard InChI is InChI=1S/C14H10FN3O2S/c15-10-1-3-13-9(5-10)6-12(21-13)8-17-14-4-2-11(7-16-14)18(19)20/h1-7H,8H2,(H,16,17). The summed E-state index contributed by atoms with van der Waals surface area (Å²) in [6, 6.07) is 9.57. The third-order valence-electron chi connectivity index (χ3n) is 2.93. The fourth-order valence-electron chi connectivity index (χ4n) is 1.93. The zero-order chi connectivity index (χ0) is 14.8. The van der Waals surface area contributed by atoms with Crippen LogP contribution in [0.5, 0.6) is 0 Å². The second-order valence-electron chi connectivity index (χ2n) is 4.41. The molecule has 7 heteroatoms. The van der Waals surface area contributed by atoms with E-state index in [1.165, 1.54) is 24.4 Å². The van der Waals surface area contributed by atoms with Crippen molar-refractivity contribution in [1.29, 1.82) is 0 Å². The third-order valence-corrected chi connectivity index (χ3v) is 4.05. The number of thiophene rings is 1. The summed E-state index contributed by atoms with van der Waals surface area (Å²) in [5.41, 5.74) is -0.0436. The van der Waals surface area contributed by atoms with Crippen molar-refractivity contribution in [3.8, 4) is 0 Å². The van der Waals surface area contributed by atoms with Crippen molar-refractivity contribution in [1.82, 2.24) is 4.98 Å². The average molecular weight is 303 g/mol. The molecule has 0 bridgehead atoms. The summed E-state index contributed by atoms with van der Waals surface area (Å²) >= 11 is 1.57. The molecule has 3 rings (SSSR count). The van der Waals surface area contributed by atoms with E-state index in [1.807, 2.05) is 6.07 Å². The number of fused-ring (bicyclic) bond motifs is 1. The molecule has 106 valence electrons.